The molecule has 1 aliphatic rings. The van der Waals surface area contributed by atoms with E-state index in [2.05, 4.69) is 4.90 Å². The molecule has 3 nitrogen and oxygen atoms in total. The number of hydrogen-bond acceptors (Lipinski definition) is 3. The van der Waals surface area contributed by atoms with Crippen LogP contribution in [0, 0.1) is 11.6 Å². The highest BCUT2D eigenvalue weighted by Gasteiger charge is 2.19. The molecule has 2 N–H and O–H groups in total. The second-order valence-corrected chi connectivity index (χ2v) is 4.72. The fraction of sp³-hybridized carbons (Fsp3) is 0.538. The average Bonchev–Trinajstić information content (AvgIpc) is 2.58. The van der Waals surface area contributed by atoms with Gasteiger partial charge in [0.15, 0.2) is 11.6 Å². The second kappa shape index (κ2) is 5.63. The van der Waals surface area contributed by atoms with E-state index in [1.807, 2.05) is 11.9 Å². The molecular weight excluding hydrogens is 236 g/mol. The number of nitrogens with zero attached hydrogens (tertiary/aromatic N) is 2. The smallest absolute Gasteiger partial charge is 0.182 e. The quantitative estimate of drug-likeness (QED) is 0.870. The highest BCUT2D eigenvalue weighted by atomic mass is 19.2. The van der Waals surface area contributed by atoms with Gasteiger partial charge < -0.3 is 15.5 Å². The Bertz CT molecular complexity index is 423. The van der Waals surface area contributed by atoms with Crippen molar-refractivity contribution < 1.29 is 8.78 Å². The van der Waals surface area contributed by atoms with Crippen molar-refractivity contribution in [2.24, 2.45) is 5.73 Å². The Morgan fingerprint density at radius 2 is 1.89 bits per heavy atom. The Morgan fingerprint density at radius 1 is 1.11 bits per heavy atom. The third-order valence-corrected chi connectivity index (χ3v) is 3.42. The standard InChI is InChI=1S/C13H19F2N3/c1-17-5-2-6-18(8-7-17)11-4-3-10(9-16)12(14)13(11)15/h3-4H,2,5-9,16H2,1H3. The average molecular weight is 255 g/mol. The van der Waals surface area contributed by atoms with Crippen LogP contribution in [0.5, 0.6) is 0 Å². The van der Waals surface area contributed by atoms with Crippen molar-refractivity contribution >= 4 is 5.69 Å². The number of anilines is 1. The topological polar surface area (TPSA) is 32.5 Å². The molecule has 0 saturated carbocycles. The van der Waals surface area contributed by atoms with E-state index in [0.29, 0.717) is 5.69 Å². The minimum absolute atomic E-state index is 0.0196. The summed E-state index contributed by atoms with van der Waals surface area (Å²) in [4.78, 5) is 4.10. The lowest BCUT2D eigenvalue weighted by Gasteiger charge is -2.23. The summed E-state index contributed by atoms with van der Waals surface area (Å²) in [6.07, 6.45) is 0.955. The first kappa shape index (κ1) is 13.2. The zero-order valence-corrected chi connectivity index (χ0v) is 10.6. The molecule has 0 aromatic heterocycles. The predicted molar refractivity (Wildman–Crippen MR) is 68.6 cm³/mol. The molecule has 1 aliphatic heterocycles. The summed E-state index contributed by atoms with van der Waals surface area (Å²) in [6, 6.07) is 3.20. The molecule has 1 aromatic carbocycles. The second-order valence-electron chi connectivity index (χ2n) is 4.72. The number of nitrogens with two attached hydrogens (primary N) is 1. The van der Waals surface area contributed by atoms with Gasteiger partial charge >= 0.3 is 0 Å². The zero-order chi connectivity index (χ0) is 13.1. The van der Waals surface area contributed by atoms with E-state index >= 15 is 0 Å². The maximum Gasteiger partial charge on any atom is 0.182 e. The van der Waals surface area contributed by atoms with Gasteiger partial charge in [0.05, 0.1) is 5.69 Å². The maximum atomic E-state index is 14.0. The molecule has 1 fully saturated rings. The molecule has 0 spiro atoms. The van der Waals surface area contributed by atoms with Crippen LogP contribution in [0.15, 0.2) is 12.1 Å². The monoisotopic (exact) mass is 255 g/mol. The van der Waals surface area contributed by atoms with E-state index < -0.39 is 11.6 Å². The fourth-order valence-corrected chi connectivity index (χ4v) is 2.27. The minimum atomic E-state index is -0.812. The number of benzene rings is 1. The normalized spacial score (nSPS) is 17.9. The summed E-state index contributed by atoms with van der Waals surface area (Å²) in [6.45, 7) is 3.34. The van der Waals surface area contributed by atoms with Gasteiger partial charge in [-0.1, -0.05) is 6.07 Å². The Kier molecular flexibility index (Phi) is 4.14. The van der Waals surface area contributed by atoms with Crippen LogP contribution in [0.25, 0.3) is 0 Å². The van der Waals surface area contributed by atoms with Crippen LogP contribution in [0.1, 0.15) is 12.0 Å². The van der Waals surface area contributed by atoms with E-state index in [1.54, 1.807) is 12.1 Å². The molecule has 18 heavy (non-hydrogen) atoms. The van der Waals surface area contributed by atoms with Gasteiger partial charge in [-0.15, -0.1) is 0 Å². The Hall–Kier alpha value is -1.20. The van der Waals surface area contributed by atoms with Crippen LogP contribution in [-0.4, -0.2) is 38.1 Å². The number of likely N-dealkylation sites (N-methyl/N-ethyl adjacent to an activating group) is 1. The van der Waals surface area contributed by atoms with Gasteiger partial charge in [-0.3, -0.25) is 0 Å². The van der Waals surface area contributed by atoms with Gasteiger partial charge in [0, 0.05) is 31.7 Å². The third-order valence-electron chi connectivity index (χ3n) is 3.42. The van der Waals surface area contributed by atoms with Crippen molar-refractivity contribution in [1.29, 1.82) is 0 Å². The van der Waals surface area contributed by atoms with Crippen molar-refractivity contribution in [3.63, 3.8) is 0 Å². The molecule has 1 saturated heterocycles. The first-order chi connectivity index (χ1) is 8.63. The summed E-state index contributed by atoms with van der Waals surface area (Å²) in [5.41, 5.74) is 5.94. The van der Waals surface area contributed by atoms with Crippen LogP contribution in [-0.2, 0) is 6.54 Å². The molecule has 100 valence electrons. The molecule has 0 amide bonds. The van der Waals surface area contributed by atoms with Crippen molar-refractivity contribution in [2.75, 3.05) is 38.1 Å². The van der Waals surface area contributed by atoms with Gasteiger partial charge in [0.25, 0.3) is 0 Å². The summed E-state index contributed by atoms with van der Waals surface area (Å²) >= 11 is 0. The third kappa shape index (κ3) is 2.62. The molecule has 2 rings (SSSR count). The summed E-state index contributed by atoms with van der Waals surface area (Å²) in [5, 5.41) is 0. The van der Waals surface area contributed by atoms with E-state index in [1.165, 1.54) is 0 Å². The summed E-state index contributed by atoms with van der Waals surface area (Å²) < 4.78 is 27.7. The maximum absolute atomic E-state index is 14.0. The number of rotatable bonds is 2. The first-order valence-electron chi connectivity index (χ1n) is 6.24. The van der Waals surface area contributed by atoms with Crippen LogP contribution in [0.2, 0.25) is 0 Å². The Balaban J connectivity index is 2.25. The molecular formula is C13H19F2N3. The molecule has 0 radical (unpaired) electrons. The van der Waals surface area contributed by atoms with Crippen LogP contribution in [0.4, 0.5) is 14.5 Å². The van der Waals surface area contributed by atoms with Gasteiger partial charge in [-0.2, -0.15) is 0 Å². The van der Waals surface area contributed by atoms with E-state index in [9.17, 15) is 8.78 Å². The van der Waals surface area contributed by atoms with Crippen molar-refractivity contribution in [1.82, 2.24) is 4.90 Å². The van der Waals surface area contributed by atoms with Crippen molar-refractivity contribution in [2.45, 2.75) is 13.0 Å². The molecule has 0 bridgehead atoms. The van der Waals surface area contributed by atoms with Crippen LogP contribution >= 0.6 is 0 Å². The number of halogens is 2. The summed E-state index contributed by atoms with van der Waals surface area (Å²) in [5.74, 6) is -1.59. The van der Waals surface area contributed by atoms with Crippen LogP contribution in [0.3, 0.4) is 0 Å². The molecule has 0 atom stereocenters. The van der Waals surface area contributed by atoms with Gasteiger partial charge in [0.1, 0.15) is 0 Å². The van der Waals surface area contributed by atoms with Crippen molar-refractivity contribution in [3.05, 3.63) is 29.3 Å². The van der Waals surface area contributed by atoms with Gasteiger partial charge in [-0.05, 0) is 26.1 Å². The largest absolute Gasteiger partial charge is 0.368 e. The lowest BCUT2D eigenvalue weighted by atomic mass is 10.1. The summed E-state index contributed by atoms with van der Waals surface area (Å²) in [7, 11) is 2.04. The highest BCUT2D eigenvalue weighted by Crippen LogP contribution is 2.25. The van der Waals surface area contributed by atoms with E-state index in [-0.39, 0.29) is 12.1 Å². The lowest BCUT2D eigenvalue weighted by Crippen LogP contribution is -2.29. The van der Waals surface area contributed by atoms with Crippen molar-refractivity contribution in [3.8, 4) is 0 Å². The van der Waals surface area contributed by atoms with E-state index in [4.69, 9.17) is 5.73 Å². The molecule has 5 heteroatoms. The van der Waals surface area contributed by atoms with Crippen LogP contribution < -0.4 is 10.6 Å². The Labute approximate surface area is 106 Å². The SMILES string of the molecule is CN1CCCN(c2ccc(CN)c(F)c2F)CC1. The first-order valence-corrected chi connectivity index (χ1v) is 6.24. The number of hydrogen-bond donors (Lipinski definition) is 1. The van der Waals surface area contributed by atoms with Gasteiger partial charge in [-0.25, -0.2) is 8.78 Å². The molecule has 1 aromatic rings. The lowest BCUT2D eigenvalue weighted by molar-refractivity contribution is 0.360. The molecule has 1 heterocycles. The van der Waals surface area contributed by atoms with E-state index in [0.717, 1.165) is 32.6 Å². The molecule has 0 unspecified atom stereocenters. The fourth-order valence-electron chi connectivity index (χ4n) is 2.27. The van der Waals surface area contributed by atoms with Gasteiger partial charge in [0.2, 0.25) is 0 Å². The molecule has 0 aliphatic carbocycles. The minimum Gasteiger partial charge on any atom is -0.368 e. The highest BCUT2D eigenvalue weighted by molar-refractivity contribution is 5.50. The predicted octanol–water partition coefficient (Wildman–Crippen LogP) is 1.57. The Morgan fingerprint density at radius 3 is 2.61 bits per heavy atom. The zero-order valence-electron chi connectivity index (χ0n) is 10.6.